The largest absolute Gasteiger partial charge is 0.353 e. The van der Waals surface area contributed by atoms with E-state index < -0.39 is 0 Å². The van der Waals surface area contributed by atoms with Crippen molar-refractivity contribution >= 4 is 27.7 Å². The molecule has 0 spiro atoms. The molecule has 4 unspecified atom stereocenters. The highest BCUT2D eigenvalue weighted by molar-refractivity contribution is 9.10. The van der Waals surface area contributed by atoms with Gasteiger partial charge in [-0.15, -0.1) is 0 Å². The number of amides is 2. The van der Waals surface area contributed by atoms with Crippen molar-refractivity contribution in [3.05, 3.63) is 50.1 Å². The van der Waals surface area contributed by atoms with Gasteiger partial charge in [0.15, 0.2) is 0 Å². The van der Waals surface area contributed by atoms with E-state index in [2.05, 4.69) is 37.5 Å². The molecule has 2 aromatic rings. The lowest BCUT2D eigenvalue weighted by Gasteiger charge is -2.44. The van der Waals surface area contributed by atoms with Gasteiger partial charge in [-0.2, -0.15) is 10.4 Å². The fraction of sp³-hybridized carbons (Fsp3) is 0.560. The number of hydrogen-bond donors (Lipinski definition) is 2. The second-order valence-electron chi connectivity index (χ2n) is 10.0. The zero-order valence-electron chi connectivity index (χ0n) is 19.5. The van der Waals surface area contributed by atoms with Crippen molar-refractivity contribution in [3.63, 3.8) is 0 Å². The van der Waals surface area contributed by atoms with Gasteiger partial charge < -0.3 is 10.2 Å². The Morgan fingerprint density at radius 2 is 2.06 bits per heavy atom. The zero-order chi connectivity index (χ0) is 24.5. The molecule has 1 aromatic carbocycles. The average Bonchev–Trinajstić information content (AvgIpc) is 3.24. The van der Waals surface area contributed by atoms with Crippen molar-refractivity contribution < 1.29 is 9.59 Å². The molecule has 3 heterocycles. The maximum Gasteiger partial charge on any atom is 0.343 e. The van der Waals surface area contributed by atoms with Gasteiger partial charge in [-0.1, -0.05) is 22.0 Å². The molecule has 5 rings (SSSR count). The Labute approximate surface area is 212 Å². The van der Waals surface area contributed by atoms with Crippen LogP contribution in [-0.2, 0) is 29.0 Å². The number of aromatic nitrogens is 3. The van der Waals surface area contributed by atoms with Crippen molar-refractivity contribution in [2.24, 2.45) is 17.8 Å². The highest BCUT2D eigenvalue weighted by Gasteiger charge is 2.37. The molecular formula is C25H29BrN6O3. The van der Waals surface area contributed by atoms with Gasteiger partial charge in [0.1, 0.15) is 5.82 Å². The molecule has 184 valence electrons. The molecule has 4 atom stereocenters. The van der Waals surface area contributed by atoms with E-state index in [-0.39, 0.29) is 35.9 Å². The second-order valence-corrected chi connectivity index (χ2v) is 11.0. The lowest BCUT2D eigenvalue weighted by atomic mass is 9.73. The minimum Gasteiger partial charge on any atom is -0.353 e. The van der Waals surface area contributed by atoms with Crippen LogP contribution in [0.25, 0.3) is 0 Å². The predicted molar refractivity (Wildman–Crippen MR) is 131 cm³/mol. The van der Waals surface area contributed by atoms with Gasteiger partial charge in [-0.25, -0.2) is 9.89 Å². The normalized spacial score (nSPS) is 25.8. The first-order valence-corrected chi connectivity index (χ1v) is 13.1. The van der Waals surface area contributed by atoms with Gasteiger partial charge in [-0.3, -0.25) is 14.2 Å². The van der Waals surface area contributed by atoms with E-state index >= 15 is 0 Å². The molecule has 1 saturated carbocycles. The number of fused-ring (bicyclic) bond motifs is 2. The summed E-state index contributed by atoms with van der Waals surface area (Å²) in [5, 5.41) is 19.1. The average molecular weight is 541 g/mol. The summed E-state index contributed by atoms with van der Waals surface area (Å²) in [6.45, 7) is 1.85. The maximum atomic E-state index is 13.0. The van der Waals surface area contributed by atoms with Gasteiger partial charge in [0.2, 0.25) is 11.8 Å². The van der Waals surface area contributed by atoms with Crippen LogP contribution in [0.2, 0.25) is 0 Å². The molecule has 3 aliphatic rings. The fourth-order valence-corrected chi connectivity index (χ4v) is 6.29. The highest BCUT2D eigenvalue weighted by atomic mass is 79.9. The molecule has 1 aliphatic carbocycles. The van der Waals surface area contributed by atoms with Crippen molar-refractivity contribution in [1.82, 2.24) is 25.0 Å². The molecule has 1 aromatic heterocycles. The van der Waals surface area contributed by atoms with Gasteiger partial charge in [0.25, 0.3) is 0 Å². The molecule has 1 saturated heterocycles. The van der Waals surface area contributed by atoms with Crippen LogP contribution in [-0.4, -0.2) is 50.6 Å². The standard InChI is InChI=1S/C25H29BrN6O3/c26-20-4-1-15(19(9-20)12-27)11-23(33)31-8-7-16-10-21(5-2-17(16)13-31)28-24(34)18-3-6-22-29-30-25(35)32(22)14-18/h1,4,9,16-18,21H,2-3,5-8,10-11,13-14H2,(H,28,34)(H,30,35). The SMILES string of the molecule is N#Cc1cc(Br)ccc1CC(=O)N1CCC2CC(NC(=O)C3CCc4n[nH]c(=O)n4C3)CCC2C1. The number of benzene rings is 1. The molecule has 0 radical (unpaired) electrons. The van der Waals surface area contributed by atoms with Gasteiger partial charge in [-0.05, 0) is 61.6 Å². The third kappa shape index (κ3) is 5.06. The lowest BCUT2D eigenvalue weighted by molar-refractivity contribution is -0.133. The maximum absolute atomic E-state index is 13.0. The number of halogens is 1. The summed E-state index contributed by atoms with van der Waals surface area (Å²) in [4.78, 5) is 39.7. The van der Waals surface area contributed by atoms with Crippen LogP contribution in [0.15, 0.2) is 27.5 Å². The summed E-state index contributed by atoms with van der Waals surface area (Å²) < 4.78 is 2.41. The summed E-state index contributed by atoms with van der Waals surface area (Å²) in [7, 11) is 0. The quantitative estimate of drug-likeness (QED) is 0.614. The van der Waals surface area contributed by atoms with Crippen molar-refractivity contribution in [2.45, 2.75) is 57.5 Å². The molecule has 2 amide bonds. The Hall–Kier alpha value is -2.93. The topological polar surface area (TPSA) is 124 Å². The Bertz CT molecular complexity index is 1230. The van der Waals surface area contributed by atoms with Crippen LogP contribution >= 0.6 is 15.9 Å². The van der Waals surface area contributed by atoms with E-state index in [4.69, 9.17) is 0 Å². The first kappa shape index (κ1) is 23.8. The van der Waals surface area contributed by atoms with E-state index in [9.17, 15) is 19.6 Å². The number of piperidine rings is 1. The van der Waals surface area contributed by atoms with Crippen LogP contribution in [0.3, 0.4) is 0 Å². The minimum atomic E-state index is -0.247. The second kappa shape index (κ2) is 9.97. The van der Waals surface area contributed by atoms with Crippen molar-refractivity contribution in [2.75, 3.05) is 13.1 Å². The number of H-pyrrole nitrogens is 1. The number of nitrogens with one attached hydrogen (secondary N) is 2. The summed E-state index contributed by atoms with van der Waals surface area (Å²) in [6, 6.07) is 7.80. The van der Waals surface area contributed by atoms with E-state index in [1.54, 1.807) is 10.6 Å². The molecule has 9 nitrogen and oxygen atoms in total. The van der Waals surface area contributed by atoms with Crippen molar-refractivity contribution in [1.29, 1.82) is 5.26 Å². The number of carbonyl (C=O) groups is 2. The third-order valence-corrected chi connectivity index (χ3v) is 8.42. The van der Waals surface area contributed by atoms with Gasteiger partial charge in [0, 0.05) is 36.6 Å². The van der Waals surface area contributed by atoms with E-state index in [0.29, 0.717) is 43.3 Å². The van der Waals surface area contributed by atoms with E-state index in [0.717, 1.165) is 48.1 Å². The van der Waals surface area contributed by atoms with E-state index in [1.807, 2.05) is 17.0 Å². The molecule has 35 heavy (non-hydrogen) atoms. The van der Waals surface area contributed by atoms with Crippen LogP contribution < -0.4 is 11.0 Å². The molecule has 2 aliphatic heterocycles. The summed E-state index contributed by atoms with van der Waals surface area (Å²) in [5.74, 6) is 1.57. The zero-order valence-corrected chi connectivity index (χ0v) is 21.1. The van der Waals surface area contributed by atoms with Crippen LogP contribution in [0, 0.1) is 29.1 Å². The van der Waals surface area contributed by atoms with Crippen molar-refractivity contribution in [3.8, 4) is 6.07 Å². The Kier molecular flexibility index (Phi) is 6.78. The number of aromatic amines is 1. The number of carbonyl (C=O) groups excluding carboxylic acids is 2. The molecule has 2 N–H and O–H groups in total. The predicted octanol–water partition coefficient (Wildman–Crippen LogP) is 2.14. The van der Waals surface area contributed by atoms with Crippen LogP contribution in [0.1, 0.15) is 49.1 Å². The Morgan fingerprint density at radius 1 is 1.20 bits per heavy atom. The number of nitrogens with zero attached hydrogens (tertiary/aromatic N) is 4. The number of rotatable bonds is 4. The fourth-order valence-electron chi connectivity index (χ4n) is 5.93. The molecule has 0 bridgehead atoms. The first-order chi connectivity index (χ1) is 16.9. The number of nitriles is 1. The Balaban J connectivity index is 1.13. The smallest absolute Gasteiger partial charge is 0.343 e. The molecular weight excluding hydrogens is 512 g/mol. The monoisotopic (exact) mass is 540 g/mol. The third-order valence-electron chi connectivity index (χ3n) is 7.93. The summed E-state index contributed by atoms with van der Waals surface area (Å²) >= 11 is 3.38. The molecule has 10 heteroatoms. The summed E-state index contributed by atoms with van der Waals surface area (Å²) in [5.41, 5.74) is 1.05. The van der Waals surface area contributed by atoms with E-state index in [1.165, 1.54) is 0 Å². The number of hydrogen-bond acceptors (Lipinski definition) is 5. The summed E-state index contributed by atoms with van der Waals surface area (Å²) in [6.07, 6.45) is 5.35. The molecule has 2 fully saturated rings. The van der Waals surface area contributed by atoms with Gasteiger partial charge in [0.05, 0.1) is 24.0 Å². The van der Waals surface area contributed by atoms with Crippen LogP contribution in [0.5, 0.6) is 0 Å². The highest BCUT2D eigenvalue weighted by Crippen LogP contribution is 2.37. The Morgan fingerprint density at radius 3 is 2.89 bits per heavy atom. The van der Waals surface area contributed by atoms with Gasteiger partial charge >= 0.3 is 5.69 Å². The number of aryl methyl sites for hydroxylation is 1. The first-order valence-electron chi connectivity index (χ1n) is 12.3. The lowest BCUT2D eigenvalue weighted by Crippen LogP contribution is -2.50. The minimum absolute atomic E-state index is 0.0302. The number of likely N-dealkylation sites (tertiary alicyclic amines) is 1. The van der Waals surface area contributed by atoms with Crippen LogP contribution in [0.4, 0.5) is 0 Å².